The molecule has 1 fully saturated rings. The van der Waals surface area contributed by atoms with Crippen molar-refractivity contribution in [3.05, 3.63) is 145 Å². The van der Waals surface area contributed by atoms with E-state index < -0.39 is 0 Å². The van der Waals surface area contributed by atoms with Gasteiger partial charge in [0.15, 0.2) is 0 Å². The first-order valence-corrected chi connectivity index (χ1v) is 19.5. The monoisotopic (exact) mass is 882 g/mol. The summed E-state index contributed by atoms with van der Waals surface area (Å²) < 4.78 is 0. The summed E-state index contributed by atoms with van der Waals surface area (Å²) in [4.78, 5) is 0. The zero-order valence-electron chi connectivity index (χ0n) is 36.1. The molecule has 1 aliphatic carbocycles. The van der Waals surface area contributed by atoms with Gasteiger partial charge >= 0.3 is 25.8 Å². The van der Waals surface area contributed by atoms with Crippen LogP contribution >= 0.6 is 0 Å². The summed E-state index contributed by atoms with van der Waals surface area (Å²) in [6.45, 7) is 28.0. The summed E-state index contributed by atoms with van der Waals surface area (Å²) in [7, 11) is 0. The van der Waals surface area contributed by atoms with Gasteiger partial charge in [0.25, 0.3) is 0 Å². The SMILES string of the molecule is CC(C)(C)c1cc(-c2cccc3[cH-]c(C4(c5cc6c(-c7cc(C(C)(C)C)cc(C(C)(C)C)c7)cccc6[cH-]5)CCCC4)cc23)cc(C(C)(C)C)c1.[CH3-].[CH3-].[Hf+4]. The molecule has 0 amide bonds. The molecule has 6 aromatic carbocycles. The van der Waals surface area contributed by atoms with E-state index in [9.17, 15) is 0 Å². The number of fused-ring (bicyclic) bond motifs is 2. The Balaban J connectivity index is 0.00000217. The normalized spacial score (nSPS) is 14.8. The standard InChI is InChI=1S/C51H60.2CH3.Hf/c1-47(2,3)37-25-35(26-38(29-37)48(4,5)6)43-19-15-17-33-23-41(31-45(33)43)51(21-13-14-22-51)42-24-34-18-16-20-44(46(34)32-42)36-27-39(49(7,8)9)30-40(28-36)50(10,11)12;;;/h15-20,23-32H,13-14,21-22H2,1-12H3;2*1H3;/q-2;2*-1;+4. The summed E-state index contributed by atoms with van der Waals surface area (Å²) in [5.74, 6) is 0. The molecule has 0 saturated heterocycles. The molecule has 1 heteroatoms. The molecule has 0 aliphatic heterocycles. The predicted molar refractivity (Wildman–Crippen MR) is 237 cm³/mol. The van der Waals surface area contributed by atoms with Crippen molar-refractivity contribution < 1.29 is 25.8 Å². The van der Waals surface area contributed by atoms with Gasteiger partial charge in [-0.1, -0.05) is 156 Å². The van der Waals surface area contributed by atoms with Gasteiger partial charge < -0.3 is 14.9 Å². The summed E-state index contributed by atoms with van der Waals surface area (Å²) in [6, 6.07) is 38.8. The Morgan fingerprint density at radius 2 is 0.759 bits per heavy atom. The van der Waals surface area contributed by atoms with E-state index >= 15 is 0 Å². The second kappa shape index (κ2) is 15.1. The Hall–Kier alpha value is -3.03. The van der Waals surface area contributed by atoms with Crippen LogP contribution in [-0.4, -0.2) is 0 Å². The van der Waals surface area contributed by atoms with E-state index in [2.05, 4.69) is 180 Å². The van der Waals surface area contributed by atoms with Crippen molar-refractivity contribution >= 4 is 21.5 Å². The molecule has 1 saturated carbocycles. The van der Waals surface area contributed by atoms with Gasteiger partial charge in [-0.3, -0.25) is 0 Å². The van der Waals surface area contributed by atoms with Crippen molar-refractivity contribution in [2.24, 2.45) is 0 Å². The number of rotatable bonds is 4. The Morgan fingerprint density at radius 3 is 1.06 bits per heavy atom. The number of hydrogen-bond donors (Lipinski definition) is 0. The van der Waals surface area contributed by atoms with Crippen LogP contribution in [0.1, 0.15) is 142 Å². The van der Waals surface area contributed by atoms with Crippen molar-refractivity contribution in [1.29, 1.82) is 0 Å². The molecule has 6 aromatic rings. The average Bonchev–Trinajstić information content (AvgIpc) is 3.81. The maximum absolute atomic E-state index is 2.57. The Labute approximate surface area is 348 Å². The third-order valence-corrected chi connectivity index (χ3v) is 12.0. The first-order chi connectivity index (χ1) is 23.7. The molecule has 0 atom stereocenters. The molecule has 54 heavy (non-hydrogen) atoms. The van der Waals surface area contributed by atoms with E-state index in [1.807, 2.05) is 0 Å². The largest absolute Gasteiger partial charge is 4.00 e. The first-order valence-electron chi connectivity index (χ1n) is 19.5. The van der Waals surface area contributed by atoms with Crippen LogP contribution < -0.4 is 0 Å². The fourth-order valence-corrected chi connectivity index (χ4v) is 8.55. The van der Waals surface area contributed by atoms with Crippen LogP contribution in [0, 0.1) is 14.9 Å². The minimum absolute atomic E-state index is 0. The average molecular weight is 882 g/mol. The van der Waals surface area contributed by atoms with Gasteiger partial charge in [0, 0.05) is 0 Å². The van der Waals surface area contributed by atoms with Gasteiger partial charge in [-0.15, -0.1) is 69.1 Å². The second-order valence-electron chi connectivity index (χ2n) is 20.0. The summed E-state index contributed by atoms with van der Waals surface area (Å²) in [5.41, 5.74) is 14.3. The van der Waals surface area contributed by atoms with Crippen LogP contribution in [0.2, 0.25) is 0 Å². The van der Waals surface area contributed by atoms with Crippen LogP contribution in [-0.2, 0) is 52.9 Å². The van der Waals surface area contributed by atoms with E-state index in [1.54, 1.807) is 0 Å². The second-order valence-corrected chi connectivity index (χ2v) is 20.0. The van der Waals surface area contributed by atoms with Gasteiger partial charge in [-0.2, -0.15) is 12.1 Å². The van der Waals surface area contributed by atoms with Crippen LogP contribution in [0.15, 0.2) is 97.1 Å². The summed E-state index contributed by atoms with van der Waals surface area (Å²) in [5, 5.41) is 5.49. The van der Waals surface area contributed by atoms with E-state index in [0.717, 1.165) is 0 Å². The topological polar surface area (TPSA) is 0 Å². The minimum atomic E-state index is 0. The van der Waals surface area contributed by atoms with Crippen LogP contribution in [0.5, 0.6) is 0 Å². The van der Waals surface area contributed by atoms with Gasteiger partial charge in [-0.25, -0.2) is 0 Å². The van der Waals surface area contributed by atoms with Crippen LogP contribution in [0.25, 0.3) is 43.8 Å². The summed E-state index contributed by atoms with van der Waals surface area (Å²) in [6.07, 6.45) is 4.94. The molecule has 0 bridgehead atoms. The van der Waals surface area contributed by atoms with Gasteiger partial charge in [0.05, 0.1) is 0 Å². The molecule has 7 rings (SSSR count). The van der Waals surface area contributed by atoms with E-state index in [4.69, 9.17) is 0 Å². The van der Waals surface area contributed by atoms with Crippen LogP contribution in [0.3, 0.4) is 0 Å². The minimum Gasteiger partial charge on any atom is -0.358 e. The molecule has 0 N–H and O–H groups in total. The van der Waals surface area contributed by atoms with E-state index in [-0.39, 0.29) is 67.8 Å². The maximum Gasteiger partial charge on any atom is 4.00 e. The quantitative estimate of drug-likeness (QED) is 0.122. The fraction of sp³-hybridized carbons (Fsp3) is 0.396. The molecular weight excluding hydrogens is 815 g/mol. The van der Waals surface area contributed by atoms with Gasteiger partial charge in [0.2, 0.25) is 0 Å². The van der Waals surface area contributed by atoms with Crippen molar-refractivity contribution in [3.63, 3.8) is 0 Å². The molecule has 0 radical (unpaired) electrons. The van der Waals surface area contributed by atoms with E-state index in [0.29, 0.717) is 0 Å². The number of benzene rings is 4. The van der Waals surface area contributed by atoms with E-state index in [1.165, 1.54) is 103 Å². The van der Waals surface area contributed by atoms with Crippen molar-refractivity contribution in [3.8, 4) is 22.3 Å². The van der Waals surface area contributed by atoms with Crippen LogP contribution in [0.4, 0.5) is 0 Å². The molecule has 0 aromatic heterocycles. The Bertz CT molecular complexity index is 2010. The van der Waals surface area contributed by atoms with Gasteiger partial charge in [0.1, 0.15) is 0 Å². The molecule has 0 nitrogen and oxygen atoms in total. The Morgan fingerprint density at radius 1 is 0.444 bits per heavy atom. The maximum atomic E-state index is 2.57. The molecule has 1 aliphatic rings. The smallest absolute Gasteiger partial charge is 0.358 e. The zero-order chi connectivity index (χ0) is 36.7. The summed E-state index contributed by atoms with van der Waals surface area (Å²) >= 11 is 0. The van der Waals surface area contributed by atoms with Crippen molar-refractivity contribution in [1.82, 2.24) is 0 Å². The Kier molecular flexibility index (Phi) is 12.2. The zero-order valence-corrected chi connectivity index (χ0v) is 39.7. The third-order valence-electron chi connectivity index (χ3n) is 12.0. The van der Waals surface area contributed by atoms with Gasteiger partial charge in [-0.05, 0) is 73.3 Å². The molecule has 0 heterocycles. The molecule has 0 unspecified atom stereocenters. The fourth-order valence-electron chi connectivity index (χ4n) is 8.55. The molecular formula is C53H66Hf. The van der Waals surface area contributed by atoms with Crippen molar-refractivity contribution in [2.45, 2.75) is 136 Å². The first kappa shape index (κ1) is 43.7. The predicted octanol–water partition coefficient (Wildman–Crippen LogP) is 15.7. The van der Waals surface area contributed by atoms with Crippen molar-refractivity contribution in [2.75, 3.05) is 0 Å². The third kappa shape index (κ3) is 8.10. The molecule has 282 valence electrons. The number of hydrogen-bond acceptors (Lipinski definition) is 0. The molecule has 0 spiro atoms.